The molecule has 0 radical (unpaired) electrons. The number of hydrogen-bond donors (Lipinski definition) is 3. The Hall–Kier alpha value is -5.43. The van der Waals surface area contributed by atoms with E-state index >= 15 is 0 Å². The summed E-state index contributed by atoms with van der Waals surface area (Å²) in [6.07, 6.45) is 3.20. The number of cyclic esters (lactones) is 1. The number of pyridine rings is 1. The van der Waals surface area contributed by atoms with E-state index in [9.17, 15) is 24.0 Å². The van der Waals surface area contributed by atoms with Gasteiger partial charge < -0.3 is 39.4 Å². The summed E-state index contributed by atoms with van der Waals surface area (Å²) in [4.78, 5) is 84.0. The van der Waals surface area contributed by atoms with E-state index in [-0.39, 0.29) is 49.1 Å². The minimum atomic E-state index is -1.08. The quantitative estimate of drug-likeness (QED) is 0.151. The zero-order valence-corrected chi connectivity index (χ0v) is 40.4. The first-order valence-corrected chi connectivity index (χ1v) is 24.0. The van der Waals surface area contributed by atoms with Crippen LogP contribution in [-0.4, -0.2) is 148 Å². The van der Waals surface area contributed by atoms with Crippen molar-refractivity contribution in [1.29, 1.82) is 0 Å². The number of thiazole rings is 1. The van der Waals surface area contributed by atoms with Crippen LogP contribution in [0, 0.1) is 11.3 Å². The Morgan fingerprint density at radius 3 is 2.58 bits per heavy atom. The van der Waals surface area contributed by atoms with Crippen LogP contribution < -0.4 is 16.1 Å². The number of ether oxygens (including phenoxy) is 2. The third-order valence-corrected chi connectivity index (χ3v) is 14.4. The monoisotopic (exact) mass is 924 g/mol. The summed E-state index contributed by atoms with van der Waals surface area (Å²) in [6, 6.07) is 7.03. The number of benzene rings is 1. The van der Waals surface area contributed by atoms with Crippen molar-refractivity contribution in [2.45, 2.75) is 110 Å². The number of likely N-dealkylation sites (N-methyl/N-ethyl adjacent to an activating group) is 2. The Bertz CT molecular complexity index is 2490. The highest BCUT2D eigenvalue weighted by Crippen LogP contribution is 2.42. The van der Waals surface area contributed by atoms with Gasteiger partial charge in [0.15, 0.2) is 0 Å². The molecule has 17 nitrogen and oxygen atoms in total. The fourth-order valence-electron chi connectivity index (χ4n) is 9.60. The van der Waals surface area contributed by atoms with Gasteiger partial charge in [0, 0.05) is 99.4 Å². The molecule has 5 atom stereocenters. The number of carbonyl (C=O) groups excluding carboxylic acids is 5. The highest BCUT2D eigenvalue weighted by Gasteiger charge is 2.43. The molecule has 1 aromatic carbocycles. The maximum Gasteiger partial charge on any atom is 0.324 e. The molecule has 4 aliphatic heterocycles. The Morgan fingerprint density at radius 2 is 1.88 bits per heavy atom. The zero-order chi connectivity index (χ0) is 47.2. The summed E-state index contributed by atoms with van der Waals surface area (Å²) in [5.74, 6) is -1.66. The first-order valence-electron chi connectivity index (χ1n) is 23.1. The highest BCUT2D eigenvalue weighted by molar-refractivity contribution is 7.10. The van der Waals surface area contributed by atoms with Crippen molar-refractivity contribution in [1.82, 2.24) is 50.3 Å². The average Bonchev–Trinajstić information content (AvgIpc) is 3.96. The van der Waals surface area contributed by atoms with Crippen LogP contribution in [0.15, 0.2) is 41.9 Å². The standard InChI is InChI=1S/C48H64N10O7S/c1-10-57-38-16-15-29-19-32(38)33(42(57)31-13-11-17-49-40(31)28(4)64-9)21-48(5,6)26-65-46(62)34-14-12-18-58(53-34)45(61)35(20-39-51-37(29)25-66-39)52-43(59)41(27(2)3)55(8)47(63)56-23-30(24-56)54(7)44(60)36-22-50-36/h11,13,15-17,19,25,27-28,30,34-36,41,50,53H,10,12,14,18,20-24,26H2,1-9H3,(H,52,59)/t28-,34-,35-,36-,41-/m0/s1. The Morgan fingerprint density at radius 1 is 1.12 bits per heavy atom. The number of urea groups is 1. The van der Waals surface area contributed by atoms with E-state index in [1.807, 2.05) is 32.2 Å². The molecule has 0 aliphatic carbocycles. The van der Waals surface area contributed by atoms with E-state index in [4.69, 9.17) is 19.4 Å². The second-order valence-electron chi connectivity index (χ2n) is 19.3. The van der Waals surface area contributed by atoms with Crippen LogP contribution in [0.3, 0.4) is 0 Å². The number of fused-ring (bicyclic) bond motifs is 6. The molecule has 0 unspecified atom stereocenters. The van der Waals surface area contributed by atoms with E-state index in [0.717, 1.165) is 44.7 Å². The van der Waals surface area contributed by atoms with Gasteiger partial charge in [-0.25, -0.2) is 15.2 Å². The molecule has 0 saturated carbocycles. The number of aryl methyl sites for hydroxylation is 1. The Labute approximate surface area is 390 Å². The van der Waals surface area contributed by atoms with Crippen molar-refractivity contribution >= 4 is 52.0 Å². The number of methoxy groups -OCH3 is 1. The Balaban J connectivity index is 1.12. The fraction of sp³-hybridized carbons (Fsp3) is 0.562. The molecular weight excluding hydrogens is 861 g/mol. The topological polar surface area (TPSA) is 193 Å². The molecule has 3 fully saturated rings. The van der Waals surface area contributed by atoms with Crippen LogP contribution in [0.5, 0.6) is 0 Å². The second kappa shape index (κ2) is 19.1. The molecule has 3 aromatic heterocycles. The van der Waals surface area contributed by atoms with Gasteiger partial charge in [0.25, 0.3) is 5.91 Å². The number of esters is 1. The number of likely N-dealkylation sites (tertiary alicyclic amines) is 1. The highest BCUT2D eigenvalue weighted by atomic mass is 32.1. The van der Waals surface area contributed by atoms with Gasteiger partial charge in [0.1, 0.15) is 18.1 Å². The maximum absolute atomic E-state index is 14.6. The van der Waals surface area contributed by atoms with E-state index < -0.39 is 41.3 Å². The van der Waals surface area contributed by atoms with Crippen LogP contribution in [-0.2, 0) is 48.0 Å². The van der Waals surface area contributed by atoms with Gasteiger partial charge in [0.05, 0.1) is 46.9 Å². The van der Waals surface area contributed by atoms with Crippen LogP contribution in [0.4, 0.5) is 4.79 Å². The van der Waals surface area contributed by atoms with Gasteiger partial charge in [-0.3, -0.25) is 29.2 Å². The van der Waals surface area contributed by atoms with E-state index in [1.54, 1.807) is 37.2 Å². The van der Waals surface area contributed by atoms with Crippen molar-refractivity contribution in [3.05, 3.63) is 58.2 Å². The van der Waals surface area contributed by atoms with Crippen LogP contribution in [0.25, 0.3) is 33.4 Å². The molecule has 18 heteroatoms. The Kier molecular flexibility index (Phi) is 13.6. The summed E-state index contributed by atoms with van der Waals surface area (Å²) < 4.78 is 14.2. The largest absolute Gasteiger partial charge is 0.464 e. The van der Waals surface area contributed by atoms with Crippen molar-refractivity contribution in [3.63, 3.8) is 0 Å². The number of amides is 5. The normalized spacial score (nSPS) is 22.0. The minimum Gasteiger partial charge on any atom is -0.464 e. The number of carbonyl (C=O) groups is 5. The molecule has 66 heavy (non-hydrogen) atoms. The van der Waals surface area contributed by atoms with Crippen molar-refractivity contribution in [2.75, 3.05) is 54.0 Å². The second-order valence-corrected chi connectivity index (χ2v) is 20.3. The number of rotatable bonds is 10. The van der Waals surface area contributed by atoms with E-state index in [1.165, 1.54) is 21.2 Å². The van der Waals surface area contributed by atoms with Crippen LogP contribution in [0.1, 0.15) is 76.8 Å². The number of nitrogens with one attached hydrogen (secondary N) is 3. The third kappa shape index (κ3) is 9.42. The van der Waals surface area contributed by atoms with E-state index in [2.05, 4.69) is 65.7 Å². The number of nitrogens with zero attached hydrogens (tertiary/aromatic N) is 7. The van der Waals surface area contributed by atoms with Gasteiger partial charge in [-0.05, 0) is 68.9 Å². The molecule has 3 N–H and O–H groups in total. The maximum atomic E-state index is 14.6. The van der Waals surface area contributed by atoms with E-state index in [0.29, 0.717) is 57.0 Å². The van der Waals surface area contributed by atoms with Gasteiger partial charge in [-0.2, -0.15) is 0 Å². The fourth-order valence-corrected chi connectivity index (χ4v) is 10.5. The van der Waals surface area contributed by atoms with Crippen molar-refractivity contribution < 1.29 is 33.4 Å². The number of hydrogen-bond acceptors (Lipinski definition) is 12. The minimum absolute atomic E-state index is 0.0107. The van der Waals surface area contributed by atoms with Crippen molar-refractivity contribution in [2.24, 2.45) is 11.3 Å². The molecule has 7 heterocycles. The summed E-state index contributed by atoms with van der Waals surface area (Å²) in [5, 5.41) is 11.1. The predicted octanol–water partition coefficient (Wildman–Crippen LogP) is 4.39. The van der Waals surface area contributed by atoms with Crippen LogP contribution in [0.2, 0.25) is 0 Å². The third-order valence-electron chi connectivity index (χ3n) is 13.5. The SMILES string of the molecule is CCn1c(-c2cccnc2[C@H](C)OC)c2c3cc(ccc31)-c1csc(n1)C[C@H](NC(=O)[C@H](C(C)C)N(C)C(=O)N1CC(N(C)C(=O)[C@@H]3CN3)C1)C(=O)N1CCC[C@H](N1)C(=O)OCC(C)(C)C2. The molecule has 6 bridgehead atoms. The average molecular weight is 925 g/mol. The molecule has 354 valence electrons. The zero-order valence-electron chi connectivity index (χ0n) is 39.6. The summed E-state index contributed by atoms with van der Waals surface area (Å²) in [7, 11) is 5.04. The molecule has 3 saturated heterocycles. The smallest absolute Gasteiger partial charge is 0.324 e. The summed E-state index contributed by atoms with van der Waals surface area (Å²) in [5.41, 5.74) is 9.27. The number of aromatic nitrogens is 3. The molecule has 4 aromatic rings. The first kappa shape index (κ1) is 47.1. The lowest BCUT2D eigenvalue weighted by molar-refractivity contribution is -0.155. The lowest BCUT2D eigenvalue weighted by Gasteiger charge is -2.46. The van der Waals surface area contributed by atoms with Gasteiger partial charge >= 0.3 is 12.0 Å². The van der Waals surface area contributed by atoms with Gasteiger partial charge in [-0.15, -0.1) is 11.3 Å². The van der Waals surface area contributed by atoms with Crippen molar-refractivity contribution in [3.8, 4) is 22.5 Å². The number of hydrazine groups is 1. The van der Waals surface area contributed by atoms with Gasteiger partial charge in [-0.1, -0.05) is 33.8 Å². The summed E-state index contributed by atoms with van der Waals surface area (Å²) in [6.45, 7) is 14.6. The first-order chi connectivity index (χ1) is 31.5. The molecule has 0 spiro atoms. The molecule has 5 amide bonds. The lowest BCUT2D eigenvalue weighted by Crippen LogP contribution is -2.66. The predicted molar refractivity (Wildman–Crippen MR) is 251 cm³/mol. The molecular formula is C48H64N10O7S. The molecule has 4 aliphatic rings. The molecule has 8 rings (SSSR count). The van der Waals surface area contributed by atoms with Gasteiger partial charge in [0.2, 0.25) is 11.8 Å². The lowest BCUT2D eigenvalue weighted by atomic mass is 9.84. The summed E-state index contributed by atoms with van der Waals surface area (Å²) >= 11 is 1.41. The van der Waals surface area contributed by atoms with Crippen LogP contribution >= 0.6 is 11.3 Å².